The first-order chi connectivity index (χ1) is 13.7. The highest BCUT2D eigenvalue weighted by Gasteiger charge is 2.26. The standard InChI is InChI=1S/C20H23N5O2S/c21-11-14(12-22)13-2-3-15-16(10-13)27-9-4-17-18(15)24-19(28-17)20(26)25-7-1-5-23-6-8-25/h2-3,10-12,21,23H,1,4-9,22H2/p+1/b14-12+,21-11?. The van der Waals surface area contributed by atoms with Gasteiger partial charge >= 0.3 is 0 Å². The van der Waals surface area contributed by atoms with Crippen molar-refractivity contribution >= 4 is 29.0 Å². The lowest BCUT2D eigenvalue weighted by Crippen LogP contribution is -2.34. The van der Waals surface area contributed by atoms with Crippen molar-refractivity contribution in [3.8, 4) is 17.0 Å². The number of fused-ring (bicyclic) bond motifs is 3. The third-order valence-corrected chi connectivity index (χ3v) is 6.13. The summed E-state index contributed by atoms with van der Waals surface area (Å²) in [7, 11) is 0. The zero-order valence-electron chi connectivity index (χ0n) is 15.6. The molecule has 0 spiro atoms. The molecule has 0 unspecified atom stereocenters. The Balaban J connectivity index is 1.68. The Kier molecular flexibility index (Phi) is 5.40. The number of ether oxygens (including phenoxy) is 1. The van der Waals surface area contributed by atoms with E-state index in [-0.39, 0.29) is 5.91 Å². The fraction of sp³-hybridized carbons (Fsp3) is 0.350. The Bertz CT molecular complexity index is 929. The lowest BCUT2D eigenvalue weighted by Gasteiger charge is -2.18. The molecule has 2 aliphatic heterocycles. The number of nitrogens with one attached hydrogen (secondary N) is 1. The number of allylic oxidation sites excluding steroid dienone is 1. The molecule has 1 aromatic carbocycles. The quantitative estimate of drug-likeness (QED) is 0.646. The fourth-order valence-corrected chi connectivity index (χ4v) is 4.55. The van der Waals surface area contributed by atoms with Gasteiger partial charge in [-0.25, -0.2) is 4.98 Å². The van der Waals surface area contributed by atoms with E-state index >= 15 is 0 Å². The molecule has 2 aromatic rings. The number of carbonyl (C=O) groups is 1. The van der Waals surface area contributed by atoms with Crippen molar-refractivity contribution in [1.82, 2.24) is 15.2 Å². The van der Waals surface area contributed by atoms with E-state index in [4.69, 9.17) is 20.9 Å². The van der Waals surface area contributed by atoms with Gasteiger partial charge in [0, 0.05) is 42.7 Å². The number of hydrogen-bond acceptors (Lipinski definition) is 6. The summed E-state index contributed by atoms with van der Waals surface area (Å²) >= 11 is 1.48. The molecular formula is C20H24N5O2S+. The molecule has 7 nitrogen and oxygen atoms in total. The topological polar surface area (TPSA) is 106 Å². The highest BCUT2D eigenvalue weighted by molar-refractivity contribution is 7.14. The molecule has 146 valence electrons. The normalized spacial score (nSPS) is 17.0. The van der Waals surface area contributed by atoms with E-state index in [1.165, 1.54) is 23.8 Å². The maximum absolute atomic E-state index is 13.0. The summed E-state index contributed by atoms with van der Waals surface area (Å²) in [5, 5.41) is 9.53. The van der Waals surface area contributed by atoms with E-state index in [1.807, 2.05) is 23.1 Å². The van der Waals surface area contributed by atoms with Crippen LogP contribution in [0.4, 0.5) is 0 Å². The molecule has 0 saturated carbocycles. The summed E-state index contributed by atoms with van der Waals surface area (Å²) in [5.74, 6) is 0.757. The third-order valence-electron chi connectivity index (χ3n) is 5.02. The second kappa shape index (κ2) is 8.12. The minimum Gasteiger partial charge on any atom is -0.492 e. The van der Waals surface area contributed by atoms with Crippen LogP contribution in [0.25, 0.3) is 16.8 Å². The molecule has 3 heterocycles. The van der Waals surface area contributed by atoms with Gasteiger partial charge in [-0.05, 0) is 30.7 Å². The van der Waals surface area contributed by atoms with Crippen LogP contribution >= 0.6 is 11.3 Å². The van der Waals surface area contributed by atoms with Gasteiger partial charge in [0.1, 0.15) is 5.75 Å². The molecule has 4 rings (SSSR count). The third kappa shape index (κ3) is 3.53. The van der Waals surface area contributed by atoms with Crippen molar-refractivity contribution in [1.29, 1.82) is 0 Å². The highest BCUT2D eigenvalue weighted by atomic mass is 32.1. The zero-order valence-corrected chi connectivity index (χ0v) is 16.4. The summed E-state index contributed by atoms with van der Waals surface area (Å²) < 4.78 is 5.94. The Hall–Kier alpha value is -2.71. The van der Waals surface area contributed by atoms with E-state index in [0.29, 0.717) is 11.6 Å². The summed E-state index contributed by atoms with van der Waals surface area (Å²) in [5.41, 5.74) is 9.01. The van der Waals surface area contributed by atoms with Gasteiger partial charge in [-0.1, -0.05) is 6.07 Å². The second-order valence-electron chi connectivity index (χ2n) is 6.78. The van der Waals surface area contributed by atoms with E-state index in [1.54, 1.807) is 0 Å². The van der Waals surface area contributed by atoms with Gasteiger partial charge in [-0.2, -0.15) is 0 Å². The van der Waals surface area contributed by atoms with Crippen LogP contribution in [0.1, 0.15) is 26.7 Å². The number of aromatic nitrogens is 1. The Morgan fingerprint density at radius 3 is 3.07 bits per heavy atom. The summed E-state index contributed by atoms with van der Waals surface area (Å²) in [6.07, 6.45) is 4.64. The van der Waals surface area contributed by atoms with Crippen LogP contribution in [-0.2, 0) is 6.42 Å². The molecule has 1 aromatic heterocycles. The van der Waals surface area contributed by atoms with Gasteiger partial charge in [0.25, 0.3) is 5.91 Å². The molecule has 8 heteroatoms. The minimum atomic E-state index is 0.0203. The SMILES string of the molecule is N/C=C(\C=[NH2+])c1ccc2c(c1)OCCc1sc(C(=O)N3CCCNCC3)nc1-2. The number of nitrogens with two attached hydrogens (primary N) is 2. The van der Waals surface area contributed by atoms with E-state index < -0.39 is 0 Å². The number of hydrogen-bond donors (Lipinski definition) is 3. The van der Waals surface area contributed by atoms with E-state index in [2.05, 4.69) is 5.32 Å². The highest BCUT2D eigenvalue weighted by Crippen LogP contribution is 2.39. The predicted octanol–water partition coefficient (Wildman–Crippen LogP) is 0.310. The maximum atomic E-state index is 13.0. The van der Waals surface area contributed by atoms with Crippen molar-refractivity contribution in [3.05, 3.63) is 39.8 Å². The second-order valence-corrected chi connectivity index (χ2v) is 7.87. The molecule has 2 aliphatic rings. The van der Waals surface area contributed by atoms with Gasteiger partial charge in [-0.3, -0.25) is 10.2 Å². The van der Waals surface area contributed by atoms with Gasteiger partial charge in [0.05, 0.1) is 17.9 Å². The molecular weight excluding hydrogens is 374 g/mol. The smallest absolute Gasteiger partial charge is 0.282 e. The van der Waals surface area contributed by atoms with Crippen molar-refractivity contribution < 1.29 is 14.9 Å². The monoisotopic (exact) mass is 398 g/mol. The number of rotatable bonds is 3. The van der Waals surface area contributed by atoms with Gasteiger partial charge in [0.2, 0.25) is 0 Å². The van der Waals surface area contributed by atoms with E-state index in [0.717, 1.165) is 72.0 Å². The van der Waals surface area contributed by atoms with Gasteiger partial charge in [-0.15, -0.1) is 11.3 Å². The van der Waals surface area contributed by atoms with Crippen LogP contribution in [0.5, 0.6) is 5.75 Å². The molecule has 0 bridgehead atoms. The molecule has 1 fully saturated rings. The Morgan fingerprint density at radius 2 is 2.25 bits per heavy atom. The van der Waals surface area contributed by atoms with Crippen molar-refractivity contribution in [2.24, 2.45) is 5.73 Å². The fourth-order valence-electron chi connectivity index (χ4n) is 3.53. The van der Waals surface area contributed by atoms with Crippen LogP contribution in [0.2, 0.25) is 0 Å². The van der Waals surface area contributed by atoms with Crippen molar-refractivity contribution in [2.75, 3.05) is 32.8 Å². The molecule has 0 radical (unpaired) electrons. The van der Waals surface area contributed by atoms with E-state index in [9.17, 15) is 4.79 Å². The van der Waals surface area contributed by atoms with Crippen LogP contribution in [0.15, 0.2) is 24.4 Å². The average molecular weight is 399 g/mol. The molecule has 0 atom stereocenters. The Labute approximate surface area is 167 Å². The van der Waals surface area contributed by atoms with Gasteiger partial charge in [0.15, 0.2) is 11.2 Å². The molecule has 5 N–H and O–H groups in total. The van der Waals surface area contributed by atoms with Crippen LogP contribution in [0, 0.1) is 0 Å². The largest absolute Gasteiger partial charge is 0.492 e. The lowest BCUT2D eigenvalue weighted by atomic mass is 10.0. The number of carbonyl (C=O) groups excluding carboxylic acids is 1. The summed E-state index contributed by atoms with van der Waals surface area (Å²) in [6, 6.07) is 5.83. The van der Waals surface area contributed by atoms with Crippen LogP contribution < -0.4 is 21.2 Å². The van der Waals surface area contributed by atoms with Crippen molar-refractivity contribution in [3.63, 3.8) is 0 Å². The Morgan fingerprint density at radius 1 is 1.36 bits per heavy atom. The predicted molar refractivity (Wildman–Crippen MR) is 110 cm³/mol. The summed E-state index contributed by atoms with van der Waals surface area (Å²) in [4.78, 5) is 20.7. The molecule has 1 amide bonds. The maximum Gasteiger partial charge on any atom is 0.282 e. The summed E-state index contributed by atoms with van der Waals surface area (Å²) in [6.45, 7) is 3.80. The number of amides is 1. The average Bonchev–Trinajstić information content (AvgIpc) is 2.87. The van der Waals surface area contributed by atoms with Crippen molar-refractivity contribution in [2.45, 2.75) is 12.8 Å². The number of benzene rings is 1. The number of thiazole rings is 1. The first kappa shape index (κ1) is 18.6. The first-order valence-corrected chi connectivity index (χ1v) is 10.3. The molecule has 28 heavy (non-hydrogen) atoms. The zero-order chi connectivity index (χ0) is 19.5. The van der Waals surface area contributed by atoms with Crippen LogP contribution in [-0.4, -0.2) is 54.8 Å². The van der Waals surface area contributed by atoms with Gasteiger partial charge < -0.3 is 20.7 Å². The molecule has 1 saturated heterocycles. The minimum absolute atomic E-state index is 0.0203. The van der Waals surface area contributed by atoms with Crippen LogP contribution in [0.3, 0.4) is 0 Å². The first-order valence-electron chi connectivity index (χ1n) is 9.45. The number of nitrogens with zero attached hydrogens (tertiary/aromatic N) is 2. The molecule has 0 aliphatic carbocycles. The lowest BCUT2D eigenvalue weighted by molar-refractivity contribution is -0.103.